The van der Waals surface area contributed by atoms with Crippen LogP contribution in [0.3, 0.4) is 0 Å². The molecule has 4 nitrogen and oxygen atoms in total. The molecule has 0 N–H and O–H groups in total. The third-order valence-electron chi connectivity index (χ3n) is 2.74. The van der Waals surface area contributed by atoms with Crippen LogP contribution in [0.2, 0.25) is 0 Å². The molecule has 1 aromatic rings. The standard InChI is InChI=1S/C11H12ClNO3S/c1-16-11(15)8-4-7-2-3-13(10(14)5-12)6-9(7)17-8/h4H,2-3,5-6H2,1H3. The molecule has 0 atom stereocenters. The van der Waals surface area contributed by atoms with Gasteiger partial charge in [-0.1, -0.05) is 0 Å². The van der Waals surface area contributed by atoms with E-state index in [1.807, 2.05) is 6.07 Å². The van der Waals surface area contributed by atoms with Crippen LogP contribution >= 0.6 is 22.9 Å². The Morgan fingerprint density at radius 3 is 3.00 bits per heavy atom. The van der Waals surface area contributed by atoms with Gasteiger partial charge in [0.2, 0.25) is 5.91 Å². The highest BCUT2D eigenvalue weighted by atomic mass is 35.5. The van der Waals surface area contributed by atoms with Gasteiger partial charge in [-0.25, -0.2) is 4.79 Å². The maximum absolute atomic E-state index is 11.5. The Morgan fingerprint density at radius 1 is 1.59 bits per heavy atom. The Labute approximate surface area is 108 Å². The molecule has 1 aromatic heterocycles. The van der Waals surface area contributed by atoms with Gasteiger partial charge in [0, 0.05) is 11.4 Å². The zero-order valence-electron chi connectivity index (χ0n) is 9.36. The predicted octanol–water partition coefficient (Wildman–Crippen LogP) is 1.66. The molecule has 92 valence electrons. The molecule has 0 saturated carbocycles. The Balaban J connectivity index is 2.18. The minimum atomic E-state index is -0.320. The van der Waals surface area contributed by atoms with E-state index in [0.29, 0.717) is 18.0 Å². The van der Waals surface area contributed by atoms with E-state index in [1.165, 1.54) is 18.4 Å². The van der Waals surface area contributed by atoms with Crippen molar-refractivity contribution >= 4 is 34.8 Å². The summed E-state index contributed by atoms with van der Waals surface area (Å²) in [6.45, 7) is 1.21. The van der Waals surface area contributed by atoms with Gasteiger partial charge in [-0.3, -0.25) is 4.79 Å². The van der Waals surface area contributed by atoms with Gasteiger partial charge in [-0.05, 0) is 18.1 Å². The van der Waals surface area contributed by atoms with Gasteiger partial charge in [0.25, 0.3) is 0 Å². The molecule has 0 saturated heterocycles. The number of thiophene rings is 1. The van der Waals surface area contributed by atoms with Gasteiger partial charge < -0.3 is 9.64 Å². The van der Waals surface area contributed by atoms with Crippen LogP contribution in [-0.2, 0) is 22.5 Å². The number of hydrogen-bond acceptors (Lipinski definition) is 4. The average Bonchev–Trinajstić information content (AvgIpc) is 2.79. The van der Waals surface area contributed by atoms with E-state index in [9.17, 15) is 9.59 Å². The number of alkyl halides is 1. The van der Waals surface area contributed by atoms with E-state index in [2.05, 4.69) is 4.74 Å². The first-order valence-electron chi connectivity index (χ1n) is 5.19. The Kier molecular flexibility index (Phi) is 3.69. The molecular formula is C11H12ClNO3S. The second-order valence-electron chi connectivity index (χ2n) is 3.75. The Hall–Kier alpha value is -1.07. The summed E-state index contributed by atoms with van der Waals surface area (Å²) in [4.78, 5) is 26.2. The summed E-state index contributed by atoms with van der Waals surface area (Å²) in [6, 6.07) is 1.86. The summed E-state index contributed by atoms with van der Waals surface area (Å²) in [7, 11) is 1.37. The second kappa shape index (κ2) is 5.06. The number of carbonyl (C=O) groups is 2. The largest absolute Gasteiger partial charge is 0.465 e. The van der Waals surface area contributed by atoms with Gasteiger partial charge in [0.1, 0.15) is 10.8 Å². The molecule has 0 aromatic carbocycles. The minimum Gasteiger partial charge on any atom is -0.465 e. The number of hydrogen-bond donors (Lipinski definition) is 0. The summed E-state index contributed by atoms with van der Waals surface area (Å²) in [6.07, 6.45) is 0.769. The van der Waals surface area contributed by atoms with Crippen LogP contribution in [0.4, 0.5) is 0 Å². The minimum absolute atomic E-state index is 0.00453. The summed E-state index contributed by atoms with van der Waals surface area (Å²) in [5.41, 5.74) is 1.13. The first-order valence-corrected chi connectivity index (χ1v) is 6.54. The van der Waals surface area contributed by atoms with Crippen LogP contribution in [0.15, 0.2) is 6.07 Å². The fourth-order valence-corrected chi connectivity index (χ4v) is 3.13. The van der Waals surface area contributed by atoms with Crippen LogP contribution in [-0.4, -0.2) is 36.3 Å². The number of methoxy groups -OCH3 is 1. The summed E-state index contributed by atoms with van der Waals surface area (Å²) in [5.74, 6) is -0.380. The van der Waals surface area contributed by atoms with Gasteiger partial charge in [-0.2, -0.15) is 0 Å². The highest BCUT2D eigenvalue weighted by molar-refractivity contribution is 7.14. The zero-order chi connectivity index (χ0) is 12.4. The number of carbonyl (C=O) groups excluding carboxylic acids is 2. The smallest absolute Gasteiger partial charge is 0.348 e. The van der Waals surface area contributed by atoms with E-state index in [0.717, 1.165) is 16.9 Å². The van der Waals surface area contributed by atoms with Crippen molar-refractivity contribution in [2.24, 2.45) is 0 Å². The third kappa shape index (κ3) is 2.45. The topological polar surface area (TPSA) is 46.6 Å². The second-order valence-corrected chi connectivity index (χ2v) is 5.15. The van der Waals surface area contributed by atoms with Crippen LogP contribution in [0.5, 0.6) is 0 Å². The van der Waals surface area contributed by atoms with E-state index in [1.54, 1.807) is 4.90 Å². The normalized spacial score (nSPS) is 14.4. The van der Waals surface area contributed by atoms with Crippen LogP contribution in [0.1, 0.15) is 20.1 Å². The van der Waals surface area contributed by atoms with Crippen LogP contribution in [0, 0.1) is 0 Å². The third-order valence-corrected chi connectivity index (χ3v) is 4.11. The molecule has 2 rings (SSSR count). The SMILES string of the molecule is COC(=O)c1cc2c(s1)CN(C(=O)CCl)CC2. The maximum atomic E-state index is 11.5. The molecule has 1 aliphatic rings. The number of fused-ring (bicyclic) bond motifs is 1. The van der Waals surface area contributed by atoms with Gasteiger partial charge in [-0.15, -0.1) is 22.9 Å². The summed E-state index contributed by atoms with van der Waals surface area (Å²) < 4.78 is 4.68. The van der Waals surface area contributed by atoms with E-state index in [-0.39, 0.29) is 17.8 Å². The number of esters is 1. The molecule has 1 amide bonds. The Bertz CT molecular complexity index is 458. The Morgan fingerprint density at radius 2 is 2.35 bits per heavy atom. The average molecular weight is 274 g/mol. The van der Waals surface area contributed by atoms with Crippen LogP contribution in [0.25, 0.3) is 0 Å². The molecule has 0 unspecified atom stereocenters. The van der Waals surface area contributed by atoms with Gasteiger partial charge >= 0.3 is 5.97 Å². The van der Waals surface area contributed by atoms with Crippen molar-refractivity contribution in [1.29, 1.82) is 0 Å². The molecule has 1 aliphatic heterocycles. The lowest BCUT2D eigenvalue weighted by Crippen LogP contribution is -2.35. The van der Waals surface area contributed by atoms with Crippen LogP contribution < -0.4 is 0 Å². The van der Waals surface area contributed by atoms with Gasteiger partial charge in [0.05, 0.1) is 13.7 Å². The number of ether oxygens (including phenoxy) is 1. The molecule has 0 radical (unpaired) electrons. The van der Waals surface area contributed by atoms with Gasteiger partial charge in [0.15, 0.2) is 0 Å². The van der Waals surface area contributed by atoms with Crippen molar-refractivity contribution in [1.82, 2.24) is 4.90 Å². The first kappa shape index (κ1) is 12.4. The fourth-order valence-electron chi connectivity index (χ4n) is 1.82. The molecule has 0 bridgehead atoms. The summed E-state index contributed by atoms with van der Waals surface area (Å²) in [5, 5.41) is 0. The maximum Gasteiger partial charge on any atom is 0.348 e. The van der Waals surface area contributed by atoms with E-state index >= 15 is 0 Å². The number of halogens is 1. The molecular weight excluding hydrogens is 262 g/mol. The molecule has 0 spiro atoms. The number of rotatable bonds is 2. The van der Waals surface area contributed by atoms with Crippen molar-refractivity contribution < 1.29 is 14.3 Å². The predicted molar refractivity (Wildman–Crippen MR) is 65.5 cm³/mol. The van der Waals surface area contributed by atoms with E-state index in [4.69, 9.17) is 11.6 Å². The van der Waals surface area contributed by atoms with Crippen molar-refractivity contribution in [2.45, 2.75) is 13.0 Å². The fraction of sp³-hybridized carbons (Fsp3) is 0.455. The molecule has 2 heterocycles. The summed E-state index contributed by atoms with van der Waals surface area (Å²) >= 11 is 6.92. The van der Waals surface area contributed by atoms with Crippen molar-refractivity contribution in [3.8, 4) is 0 Å². The number of nitrogens with zero attached hydrogens (tertiary/aromatic N) is 1. The van der Waals surface area contributed by atoms with Crippen molar-refractivity contribution in [2.75, 3.05) is 19.5 Å². The molecule has 0 aliphatic carbocycles. The lowest BCUT2D eigenvalue weighted by molar-refractivity contribution is -0.129. The molecule has 0 fully saturated rings. The first-order chi connectivity index (χ1) is 8.15. The molecule has 17 heavy (non-hydrogen) atoms. The van der Waals surface area contributed by atoms with E-state index < -0.39 is 0 Å². The molecule has 6 heteroatoms. The highest BCUT2D eigenvalue weighted by Gasteiger charge is 2.23. The number of amides is 1. The zero-order valence-corrected chi connectivity index (χ0v) is 10.9. The lowest BCUT2D eigenvalue weighted by atomic mass is 10.1. The quantitative estimate of drug-likeness (QED) is 0.608. The lowest BCUT2D eigenvalue weighted by Gasteiger charge is -2.25. The highest BCUT2D eigenvalue weighted by Crippen LogP contribution is 2.28. The monoisotopic (exact) mass is 273 g/mol. The van der Waals surface area contributed by atoms with Crippen molar-refractivity contribution in [3.05, 3.63) is 21.4 Å². The van der Waals surface area contributed by atoms with Crippen molar-refractivity contribution in [3.63, 3.8) is 0 Å².